The molecule has 0 unspecified atom stereocenters. The van der Waals surface area contributed by atoms with Crippen LogP contribution in [0.2, 0.25) is 0 Å². The van der Waals surface area contributed by atoms with E-state index in [9.17, 15) is 4.79 Å². The topological polar surface area (TPSA) is 26.3 Å². The lowest BCUT2D eigenvalue weighted by Crippen LogP contribution is -2.16. The normalized spacial score (nSPS) is 37.6. The number of rotatable bonds is 1. The van der Waals surface area contributed by atoms with Gasteiger partial charge in [0, 0.05) is 12.0 Å². The Morgan fingerprint density at radius 1 is 1.75 bits per heavy atom. The fraction of sp³-hybridized carbons (Fsp3) is 0.833. The highest BCUT2D eigenvalue weighted by Crippen LogP contribution is 2.24. The van der Waals surface area contributed by atoms with Crippen LogP contribution in [0.3, 0.4) is 0 Å². The molecule has 0 saturated carbocycles. The van der Waals surface area contributed by atoms with Crippen LogP contribution in [0.5, 0.6) is 0 Å². The first-order valence-corrected chi connectivity index (χ1v) is 2.81. The Labute approximate surface area is 48.8 Å². The highest BCUT2D eigenvalue weighted by Gasteiger charge is 2.28. The number of hydrogen-bond acceptors (Lipinski definition) is 2. The van der Waals surface area contributed by atoms with Gasteiger partial charge in [0.2, 0.25) is 0 Å². The first kappa shape index (κ1) is 5.76. The van der Waals surface area contributed by atoms with Crippen molar-refractivity contribution in [1.82, 2.24) is 0 Å². The second-order valence-electron chi connectivity index (χ2n) is 2.57. The van der Waals surface area contributed by atoms with Crippen molar-refractivity contribution in [2.75, 3.05) is 13.2 Å². The molecule has 0 bridgehead atoms. The molecule has 1 saturated heterocycles. The molecule has 0 aromatic rings. The smallest absolute Gasteiger partial charge is 0.128 e. The molecule has 1 aliphatic rings. The highest BCUT2D eigenvalue weighted by atomic mass is 16.5. The fourth-order valence-electron chi connectivity index (χ4n) is 0.776. The number of aldehydes is 1. The number of carbonyl (C=O) groups excluding carboxylic acids is 1. The summed E-state index contributed by atoms with van der Waals surface area (Å²) in [6.45, 7) is 3.28. The minimum atomic E-state index is -0.167. The van der Waals surface area contributed by atoms with E-state index in [1.165, 1.54) is 0 Å². The van der Waals surface area contributed by atoms with Crippen molar-refractivity contribution in [2.24, 2.45) is 5.41 Å². The van der Waals surface area contributed by atoms with Crippen molar-refractivity contribution in [1.29, 1.82) is 0 Å². The van der Waals surface area contributed by atoms with E-state index in [2.05, 4.69) is 0 Å². The number of carbonyl (C=O) groups is 1. The van der Waals surface area contributed by atoms with E-state index in [1.807, 2.05) is 6.92 Å². The molecular weight excluding hydrogens is 104 g/mol. The van der Waals surface area contributed by atoms with Crippen LogP contribution >= 0.6 is 0 Å². The van der Waals surface area contributed by atoms with E-state index in [1.54, 1.807) is 0 Å². The maximum absolute atomic E-state index is 10.2. The first-order chi connectivity index (χ1) is 3.77. The van der Waals surface area contributed by atoms with Crippen LogP contribution in [0, 0.1) is 5.41 Å². The van der Waals surface area contributed by atoms with Crippen molar-refractivity contribution in [3.8, 4) is 0 Å². The summed E-state index contributed by atoms with van der Waals surface area (Å²) >= 11 is 0. The van der Waals surface area contributed by atoms with E-state index < -0.39 is 0 Å². The van der Waals surface area contributed by atoms with Crippen molar-refractivity contribution < 1.29 is 9.53 Å². The Balaban J connectivity index is 2.52. The molecule has 0 aliphatic carbocycles. The molecule has 0 aromatic heterocycles. The zero-order chi connectivity index (χ0) is 6.04. The van der Waals surface area contributed by atoms with Crippen molar-refractivity contribution in [3.05, 3.63) is 0 Å². The Morgan fingerprint density at radius 2 is 2.50 bits per heavy atom. The molecule has 1 fully saturated rings. The molecule has 1 heterocycles. The SMILES string of the molecule is C[C@@]1(C=O)CCOC1. The molecule has 0 N–H and O–H groups in total. The largest absolute Gasteiger partial charge is 0.380 e. The van der Waals surface area contributed by atoms with Crippen LogP contribution in [0.1, 0.15) is 13.3 Å². The molecule has 1 atom stereocenters. The third kappa shape index (κ3) is 0.892. The van der Waals surface area contributed by atoms with Crippen molar-refractivity contribution >= 4 is 6.29 Å². The van der Waals surface area contributed by atoms with Crippen molar-refractivity contribution in [2.45, 2.75) is 13.3 Å². The van der Waals surface area contributed by atoms with Gasteiger partial charge in [-0.3, -0.25) is 0 Å². The second-order valence-corrected chi connectivity index (χ2v) is 2.57. The minimum Gasteiger partial charge on any atom is -0.380 e. The average molecular weight is 114 g/mol. The van der Waals surface area contributed by atoms with Crippen LogP contribution in [0.15, 0.2) is 0 Å². The van der Waals surface area contributed by atoms with Gasteiger partial charge in [0.05, 0.1) is 6.61 Å². The summed E-state index contributed by atoms with van der Waals surface area (Å²) in [7, 11) is 0. The molecule has 46 valence electrons. The predicted octanol–water partition coefficient (Wildman–Crippen LogP) is 0.612. The molecule has 8 heavy (non-hydrogen) atoms. The molecule has 1 rings (SSSR count). The van der Waals surface area contributed by atoms with Crippen LogP contribution in [0.4, 0.5) is 0 Å². The zero-order valence-electron chi connectivity index (χ0n) is 5.02. The molecule has 0 aromatic carbocycles. The van der Waals surface area contributed by atoms with Gasteiger partial charge in [-0.05, 0) is 6.42 Å². The molecular formula is C6H10O2. The van der Waals surface area contributed by atoms with Crippen LogP contribution in [-0.4, -0.2) is 19.5 Å². The Hall–Kier alpha value is -0.370. The van der Waals surface area contributed by atoms with E-state index >= 15 is 0 Å². The quantitative estimate of drug-likeness (QED) is 0.467. The van der Waals surface area contributed by atoms with Gasteiger partial charge in [-0.15, -0.1) is 0 Å². The summed E-state index contributed by atoms with van der Waals surface area (Å²) in [5, 5.41) is 0. The van der Waals surface area contributed by atoms with Gasteiger partial charge in [0.25, 0.3) is 0 Å². The predicted molar refractivity (Wildman–Crippen MR) is 29.6 cm³/mol. The van der Waals surface area contributed by atoms with E-state index in [4.69, 9.17) is 4.74 Å². The van der Waals surface area contributed by atoms with Crippen molar-refractivity contribution in [3.63, 3.8) is 0 Å². The van der Waals surface area contributed by atoms with Crippen LogP contribution in [0.25, 0.3) is 0 Å². The van der Waals surface area contributed by atoms with Gasteiger partial charge in [-0.1, -0.05) is 6.92 Å². The van der Waals surface area contributed by atoms with Gasteiger partial charge < -0.3 is 9.53 Å². The highest BCUT2D eigenvalue weighted by molar-refractivity contribution is 5.59. The molecule has 1 aliphatic heterocycles. The van der Waals surface area contributed by atoms with Gasteiger partial charge in [-0.25, -0.2) is 0 Å². The third-order valence-electron chi connectivity index (χ3n) is 1.53. The lowest BCUT2D eigenvalue weighted by atomic mass is 9.93. The summed E-state index contributed by atoms with van der Waals surface area (Å²) in [5.74, 6) is 0. The Morgan fingerprint density at radius 3 is 2.75 bits per heavy atom. The van der Waals surface area contributed by atoms with Gasteiger partial charge >= 0.3 is 0 Å². The number of hydrogen-bond donors (Lipinski definition) is 0. The molecule has 2 nitrogen and oxygen atoms in total. The summed E-state index contributed by atoms with van der Waals surface area (Å²) < 4.78 is 5.02. The Bertz CT molecular complexity index is 92.7. The maximum atomic E-state index is 10.2. The number of ether oxygens (including phenoxy) is 1. The van der Waals surface area contributed by atoms with E-state index in [0.717, 1.165) is 19.3 Å². The zero-order valence-corrected chi connectivity index (χ0v) is 5.02. The summed E-state index contributed by atoms with van der Waals surface area (Å²) in [5.41, 5.74) is -0.167. The average Bonchev–Trinajstić information content (AvgIpc) is 2.17. The lowest BCUT2D eigenvalue weighted by molar-refractivity contribution is -0.115. The van der Waals surface area contributed by atoms with E-state index in [-0.39, 0.29) is 5.41 Å². The van der Waals surface area contributed by atoms with Gasteiger partial charge in [0.15, 0.2) is 0 Å². The molecule has 2 heteroatoms. The standard InChI is InChI=1S/C6H10O2/c1-6(4-7)2-3-8-5-6/h4H,2-3,5H2,1H3/t6-/m0/s1. The van der Waals surface area contributed by atoms with E-state index in [0.29, 0.717) is 6.61 Å². The van der Waals surface area contributed by atoms with Gasteiger partial charge in [-0.2, -0.15) is 0 Å². The fourth-order valence-corrected chi connectivity index (χ4v) is 0.776. The maximum Gasteiger partial charge on any atom is 0.128 e. The monoisotopic (exact) mass is 114 g/mol. The second kappa shape index (κ2) is 1.86. The third-order valence-corrected chi connectivity index (χ3v) is 1.53. The summed E-state index contributed by atoms with van der Waals surface area (Å²) in [6, 6.07) is 0. The lowest BCUT2D eigenvalue weighted by Gasteiger charge is -2.09. The first-order valence-electron chi connectivity index (χ1n) is 2.81. The summed E-state index contributed by atoms with van der Waals surface area (Å²) in [6.07, 6.45) is 1.87. The summed E-state index contributed by atoms with van der Waals surface area (Å²) in [4.78, 5) is 10.2. The molecule has 0 radical (unpaired) electrons. The molecule has 0 amide bonds. The Kier molecular flexibility index (Phi) is 1.34. The van der Waals surface area contributed by atoms with Crippen LogP contribution in [-0.2, 0) is 9.53 Å². The molecule has 0 spiro atoms. The van der Waals surface area contributed by atoms with Gasteiger partial charge in [0.1, 0.15) is 6.29 Å². The minimum absolute atomic E-state index is 0.167. The van der Waals surface area contributed by atoms with Crippen LogP contribution < -0.4 is 0 Å².